The summed E-state index contributed by atoms with van der Waals surface area (Å²) < 4.78 is 0. The lowest BCUT2D eigenvalue weighted by Crippen LogP contribution is -2.35. The van der Waals surface area contributed by atoms with Gasteiger partial charge in [0.2, 0.25) is 0 Å². The van der Waals surface area contributed by atoms with Gasteiger partial charge >= 0.3 is 0 Å². The summed E-state index contributed by atoms with van der Waals surface area (Å²) in [5.41, 5.74) is 10.5. The molecular weight excluding hydrogens is 342 g/mol. The lowest BCUT2D eigenvalue weighted by atomic mass is 10.00. The van der Waals surface area contributed by atoms with Crippen molar-refractivity contribution in [2.45, 2.75) is 39.2 Å². The number of fused-ring (bicyclic) bond motifs is 2. The highest BCUT2D eigenvalue weighted by Gasteiger charge is 2.25. The Bertz CT molecular complexity index is 963. The molecule has 134 valence electrons. The van der Waals surface area contributed by atoms with Crippen LogP contribution >= 0.6 is 11.3 Å². The number of anilines is 1. The number of unbranched alkanes of at least 4 members (excludes halogenated alkanes) is 1. The van der Waals surface area contributed by atoms with Crippen LogP contribution in [0.5, 0.6) is 0 Å². The third kappa shape index (κ3) is 3.07. The lowest BCUT2D eigenvalue weighted by molar-refractivity contribution is 0.0740. The highest BCUT2D eigenvalue weighted by atomic mass is 32.1. The molecule has 0 saturated heterocycles. The van der Waals surface area contributed by atoms with E-state index in [2.05, 4.69) is 25.1 Å². The topological polar surface area (TPSA) is 59.2 Å². The number of amides is 1. The molecule has 1 aliphatic heterocycles. The van der Waals surface area contributed by atoms with Crippen molar-refractivity contribution < 1.29 is 4.79 Å². The van der Waals surface area contributed by atoms with E-state index < -0.39 is 0 Å². The zero-order valence-electron chi connectivity index (χ0n) is 15.0. The third-order valence-electron chi connectivity index (χ3n) is 5.05. The number of nitrogens with two attached hydrogens (primary N) is 1. The minimum atomic E-state index is 0.0233. The molecule has 0 radical (unpaired) electrons. The van der Waals surface area contributed by atoms with Crippen molar-refractivity contribution in [2.75, 3.05) is 12.3 Å². The molecule has 1 aromatic carbocycles. The molecule has 0 spiro atoms. The first-order valence-corrected chi connectivity index (χ1v) is 10.0. The van der Waals surface area contributed by atoms with E-state index in [9.17, 15) is 4.79 Å². The second kappa shape index (κ2) is 7.08. The van der Waals surface area contributed by atoms with E-state index in [1.165, 1.54) is 22.5 Å². The van der Waals surface area contributed by atoms with E-state index in [0.717, 1.165) is 48.1 Å². The summed E-state index contributed by atoms with van der Waals surface area (Å²) >= 11 is 1.43. The Balaban J connectivity index is 1.62. The SMILES string of the molecule is CCCCc1ccc2c(N)c(C(=O)N3CCc4ccccc4C3)sc2n1. The number of carbonyl (C=O) groups is 1. The van der Waals surface area contributed by atoms with Gasteiger partial charge in [-0.3, -0.25) is 4.79 Å². The van der Waals surface area contributed by atoms with Crippen LogP contribution < -0.4 is 5.73 Å². The van der Waals surface area contributed by atoms with Crippen LogP contribution in [0.3, 0.4) is 0 Å². The van der Waals surface area contributed by atoms with E-state index in [1.54, 1.807) is 0 Å². The molecule has 0 fully saturated rings. The molecule has 2 N–H and O–H groups in total. The zero-order chi connectivity index (χ0) is 18.1. The van der Waals surface area contributed by atoms with Crippen molar-refractivity contribution in [3.63, 3.8) is 0 Å². The molecule has 1 aliphatic rings. The van der Waals surface area contributed by atoms with Crippen LogP contribution in [0.15, 0.2) is 36.4 Å². The first kappa shape index (κ1) is 17.0. The van der Waals surface area contributed by atoms with Crippen LogP contribution in [0.2, 0.25) is 0 Å². The number of aryl methyl sites for hydroxylation is 1. The molecular formula is C21H23N3OS. The summed E-state index contributed by atoms with van der Waals surface area (Å²) in [7, 11) is 0. The zero-order valence-corrected chi connectivity index (χ0v) is 15.8. The Morgan fingerprint density at radius 1 is 1.23 bits per heavy atom. The predicted octanol–water partition coefficient (Wildman–Crippen LogP) is 4.42. The Morgan fingerprint density at radius 3 is 2.85 bits per heavy atom. The number of pyridine rings is 1. The van der Waals surface area contributed by atoms with Crippen molar-refractivity contribution in [3.05, 3.63) is 58.1 Å². The van der Waals surface area contributed by atoms with Crippen molar-refractivity contribution in [1.82, 2.24) is 9.88 Å². The van der Waals surface area contributed by atoms with Crippen molar-refractivity contribution in [1.29, 1.82) is 0 Å². The first-order valence-electron chi connectivity index (χ1n) is 9.21. The Kier molecular flexibility index (Phi) is 4.64. The van der Waals surface area contributed by atoms with E-state index >= 15 is 0 Å². The standard InChI is InChI=1S/C21H23N3OS/c1-2-3-8-16-9-10-17-18(22)19(26-20(17)23-16)21(25)24-12-11-14-6-4-5-7-15(14)13-24/h4-7,9-10H,2-3,8,11-13,22H2,1H3. The maximum Gasteiger partial charge on any atom is 0.266 e. The molecule has 0 atom stereocenters. The van der Waals surface area contributed by atoms with Crippen LogP contribution in [-0.2, 0) is 19.4 Å². The molecule has 3 heterocycles. The van der Waals surface area contributed by atoms with Crippen LogP contribution in [0, 0.1) is 0 Å². The molecule has 2 aromatic heterocycles. The molecule has 0 aliphatic carbocycles. The quantitative estimate of drug-likeness (QED) is 0.744. The second-order valence-electron chi connectivity index (χ2n) is 6.85. The molecule has 0 unspecified atom stereocenters. The summed E-state index contributed by atoms with van der Waals surface area (Å²) in [6.07, 6.45) is 4.13. The van der Waals surface area contributed by atoms with Crippen LogP contribution in [0.25, 0.3) is 10.2 Å². The van der Waals surface area contributed by atoms with Gasteiger partial charge in [0.1, 0.15) is 9.71 Å². The predicted molar refractivity (Wildman–Crippen MR) is 108 cm³/mol. The summed E-state index contributed by atoms with van der Waals surface area (Å²) in [5, 5.41) is 0.899. The number of nitrogens with zero attached hydrogens (tertiary/aromatic N) is 2. The Morgan fingerprint density at radius 2 is 2.04 bits per heavy atom. The van der Waals surface area contributed by atoms with E-state index in [0.29, 0.717) is 17.1 Å². The molecule has 1 amide bonds. The highest BCUT2D eigenvalue weighted by molar-refractivity contribution is 7.21. The van der Waals surface area contributed by atoms with Gasteiger partial charge in [-0.15, -0.1) is 11.3 Å². The van der Waals surface area contributed by atoms with Crippen LogP contribution in [-0.4, -0.2) is 22.3 Å². The Hall–Kier alpha value is -2.40. The summed E-state index contributed by atoms with van der Waals surface area (Å²) in [6, 6.07) is 12.4. The minimum absolute atomic E-state index is 0.0233. The van der Waals surface area contributed by atoms with E-state index in [-0.39, 0.29) is 5.91 Å². The average Bonchev–Trinajstić information content (AvgIpc) is 3.01. The Labute approximate surface area is 157 Å². The smallest absolute Gasteiger partial charge is 0.266 e. The molecule has 0 saturated carbocycles. The normalized spacial score (nSPS) is 13.8. The second-order valence-corrected chi connectivity index (χ2v) is 7.85. The molecule has 5 heteroatoms. The van der Waals surface area contributed by atoms with Gasteiger partial charge in [0.25, 0.3) is 5.91 Å². The maximum absolute atomic E-state index is 13.1. The van der Waals surface area contributed by atoms with Crippen molar-refractivity contribution >= 4 is 33.1 Å². The molecule has 26 heavy (non-hydrogen) atoms. The number of hydrogen-bond acceptors (Lipinski definition) is 4. The molecule has 4 nitrogen and oxygen atoms in total. The summed E-state index contributed by atoms with van der Waals surface area (Å²) in [6.45, 7) is 3.56. The fourth-order valence-corrected chi connectivity index (χ4v) is 4.58. The monoisotopic (exact) mass is 365 g/mol. The van der Waals surface area contributed by atoms with Crippen molar-refractivity contribution in [3.8, 4) is 0 Å². The van der Waals surface area contributed by atoms with Gasteiger partial charge in [0.05, 0.1) is 5.69 Å². The number of aromatic nitrogens is 1. The molecule has 0 bridgehead atoms. The number of carbonyl (C=O) groups excluding carboxylic acids is 1. The van der Waals surface area contributed by atoms with Gasteiger partial charge in [0.15, 0.2) is 0 Å². The van der Waals surface area contributed by atoms with Crippen molar-refractivity contribution in [2.24, 2.45) is 0 Å². The van der Waals surface area contributed by atoms with Crippen LogP contribution in [0.4, 0.5) is 5.69 Å². The van der Waals surface area contributed by atoms with Gasteiger partial charge in [-0.25, -0.2) is 4.98 Å². The number of nitrogen functional groups attached to an aromatic ring is 1. The van der Waals surface area contributed by atoms with Gasteiger partial charge < -0.3 is 10.6 Å². The lowest BCUT2D eigenvalue weighted by Gasteiger charge is -2.28. The minimum Gasteiger partial charge on any atom is -0.397 e. The van der Waals surface area contributed by atoms with Gasteiger partial charge in [-0.2, -0.15) is 0 Å². The van der Waals surface area contributed by atoms with Gasteiger partial charge in [0, 0.05) is 24.2 Å². The fraction of sp³-hybridized carbons (Fsp3) is 0.333. The molecule has 3 aromatic rings. The largest absolute Gasteiger partial charge is 0.397 e. The van der Waals surface area contributed by atoms with Gasteiger partial charge in [-0.1, -0.05) is 37.6 Å². The number of benzene rings is 1. The number of rotatable bonds is 4. The van der Waals surface area contributed by atoms with E-state index in [1.807, 2.05) is 23.1 Å². The number of thiophene rings is 1. The fourth-order valence-electron chi connectivity index (χ4n) is 3.50. The maximum atomic E-state index is 13.1. The third-order valence-corrected chi connectivity index (χ3v) is 6.15. The first-order chi connectivity index (χ1) is 12.7. The van der Waals surface area contributed by atoms with Crippen LogP contribution in [0.1, 0.15) is 46.3 Å². The molecule has 4 rings (SSSR count). The van der Waals surface area contributed by atoms with Gasteiger partial charge in [-0.05, 0) is 42.5 Å². The number of hydrogen-bond donors (Lipinski definition) is 1. The highest BCUT2D eigenvalue weighted by Crippen LogP contribution is 2.34. The summed E-state index contributed by atoms with van der Waals surface area (Å²) in [5.74, 6) is 0.0233. The average molecular weight is 366 g/mol. The summed E-state index contributed by atoms with van der Waals surface area (Å²) in [4.78, 5) is 21.2. The van der Waals surface area contributed by atoms with E-state index in [4.69, 9.17) is 10.7 Å².